The second kappa shape index (κ2) is 9.21. The Labute approximate surface area is 142 Å². The highest BCUT2D eigenvalue weighted by molar-refractivity contribution is 6.31. The first-order chi connectivity index (χ1) is 11.2. The third kappa shape index (κ3) is 5.61. The number of benzene rings is 2. The van der Waals surface area contributed by atoms with E-state index in [4.69, 9.17) is 16.3 Å². The van der Waals surface area contributed by atoms with E-state index in [0.717, 1.165) is 23.4 Å². The summed E-state index contributed by atoms with van der Waals surface area (Å²) in [6.45, 7) is 2.55. The Balaban J connectivity index is 1.75. The van der Waals surface area contributed by atoms with Gasteiger partial charge in [-0.1, -0.05) is 54.9 Å². The highest BCUT2D eigenvalue weighted by atomic mass is 35.5. The number of rotatable bonds is 8. The van der Waals surface area contributed by atoms with Crippen LogP contribution in [0.3, 0.4) is 0 Å². The van der Waals surface area contributed by atoms with E-state index in [0.29, 0.717) is 18.7 Å². The van der Waals surface area contributed by atoms with Crippen LogP contribution in [-0.4, -0.2) is 18.6 Å². The standard InChI is InChI=1S/C19H22ClNO2/c1-2-18(23-16-11-4-3-5-12-16)19(22)21-14-8-10-15-9-6-7-13-17(15)20/h3-7,9,11-13,18H,2,8,10,14H2,1H3,(H,21,22)/t18-/m1/s1. The maximum Gasteiger partial charge on any atom is 0.261 e. The van der Waals surface area contributed by atoms with Crippen molar-refractivity contribution < 1.29 is 9.53 Å². The fourth-order valence-electron chi connectivity index (χ4n) is 2.29. The van der Waals surface area contributed by atoms with Gasteiger partial charge in [-0.3, -0.25) is 4.79 Å². The molecule has 0 heterocycles. The Bertz CT molecular complexity index is 616. The van der Waals surface area contributed by atoms with Crippen LogP contribution in [0, 0.1) is 0 Å². The molecule has 0 saturated carbocycles. The van der Waals surface area contributed by atoms with Crippen LogP contribution in [0.15, 0.2) is 54.6 Å². The van der Waals surface area contributed by atoms with Gasteiger partial charge in [-0.15, -0.1) is 0 Å². The lowest BCUT2D eigenvalue weighted by Crippen LogP contribution is -2.38. The highest BCUT2D eigenvalue weighted by Gasteiger charge is 2.17. The van der Waals surface area contributed by atoms with Gasteiger partial charge in [0.05, 0.1) is 0 Å². The fourth-order valence-corrected chi connectivity index (χ4v) is 2.52. The predicted octanol–water partition coefficient (Wildman–Crippen LogP) is 4.25. The van der Waals surface area contributed by atoms with Gasteiger partial charge < -0.3 is 10.1 Å². The number of para-hydroxylation sites is 1. The zero-order valence-electron chi connectivity index (χ0n) is 13.3. The van der Waals surface area contributed by atoms with Gasteiger partial charge in [-0.25, -0.2) is 0 Å². The van der Waals surface area contributed by atoms with Crippen molar-refractivity contribution in [2.75, 3.05) is 6.54 Å². The van der Waals surface area contributed by atoms with Gasteiger partial charge in [0.25, 0.3) is 5.91 Å². The molecule has 1 N–H and O–H groups in total. The SMILES string of the molecule is CC[C@@H](Oc1ccccc1)C(=O)NCCCc1ccccc1Cl. The van der Waals surface area contributed by atoms with Crippen molar-refractivity contribution in [2.45, 2.75) is 32.3 Å². The van der Waals surface area contributed by atoms with Crippen molar-refractivity contribution in [2.24, 2.45) is 0 Å². The molecule has 23 heavy (non-hydrogen) atoms. The number of hydrogen-bond donors (Lipinski definition) is 1. The van der Waals surface area contributed by atoms with Crippen molar-refractivity contribution in [3.8, 4) is 5.75 Å². The van der Waals surface area contributed by atoms with Gasteiger partial charge in [0.15, 0.2) is 6.10 Å². The molecular weight excluding hydrogens is 310 g/mol. The second-order valence-corrected chi connectivity index (χ2v) is 5.72. The van der Waals surface area contributed by atoms with Gasteiger partial charge in [0.1, 0.15) is 5.75 Å². The largest absolute Gasteiger partial charge is 0.481 e. The molecule has 1 atom stereocenters. The summed E-state index contributed by atoms with van der Waals surface area (Å²) in [5.41, 5.74) is 1.11. The maximum atomic E-state index is 12.2. The summed E-state index contributed by atoms with van der Waals surface area (Å²) in [6.07, 6.45) is 1.86. The summed E-state index contributed by atoms with van der Waals surface area (Å²) in [7, 11) is 0. The normalized spacial score (nSPS) is 11.7. The van der Waals surface area contributed by atoms with Crippen LogP contribution in [0.5, 0.6) is 5.75 Å². The Morgan fingerprint density at radius 1 is 1.13 bits per heavy atom. The summed E-state index contributed by atoms with van der Waals surface area (Å²) in [4.78, 5) is 12.2. The monoisotopic (exact) mass is 331 g/mol. The van der Waals surface area contributed by atoms with Crippen LogP contribution in [0.1, 0.15) is 25.3 Å². The third-order valence-electron chi connectivity index (χ3n) is 3.56. The van der Waals surface area contributed by atoms with E-state index >= 15 is 0 Å². The molecule has 122 valence electrons. The lowest BCUT2D eigenvalue weighted by molar-refractivity contribution is -0.128. The summed E-state index contributed by atoms with van der Waals surface area (Å²) in [5, 5.41) is 3.71. The Hall–Kier alpha value is -2.00. The Morgan fingerprint density at radius 3 is 2.52 bits per heavy atom. The highest BCUT2D eigenvalue weighted by Crippen LogP contribution is 2.16. The zero-order chi connectivity index (χ0) is 16.5. The Morgan fingerprint density at radius 2 is 1.83 bits per heavy atom. The zero-order valence-corrected chi connectivity index (χ0v) is 14.1. The molecule has 0 aliphatic heterocycles. The second-order valence-electron chi connectivity index (χ2n) is 5.31. The van der Waals surface area contributed by atoms with E-state index in [1.807, 2.05) is 61.5 Å². The van der Waals surface area contributed by atoms with E-state index in [-0.39, 0.29) is 5.91 Å². The molecular formula is C19H22ClNO2. The van der Waals surface area contributed by atoms with Gasteiger partial charge in [-0.05, 0) is 43.0 Å². The molecule has 2 rings (SSSR count). The molecule has 1 amide bonds. The third-order valence-corrected chi connectivity index (χ3v) is 3.93. The lowest BCUT2D eigenvalue weighted by Gasteiger charge is -2.17. The van der Waals surface area contributed by atoms with Crippen LogP contribution in [0.2, 0.25) is 5.02 Å². The molecule has 0 aliphatic rings. The van der Waals surface area contributed by atoms with Crippen molar-refractivity contribution in [3.05, 3.63) is 65.2 Å². The summed E-state index contributed by atoms with van der Waals surface area (Å²) in [6, 6.07) is 17.2. The first-order valence-electron chi connectivity index (χ1n) is 7.93. The fraction of sp³-hybridized carbons (Fsp3) is 0.316. The first kappa shape index (κ1) is 17.4. The van der Waals surface area contributed by atoms with Crippen molar-refractivity contribution in [1.82, 2.24) is 5.32 Å². The minimum atomic E-state index is -0.460. The maximum absolute atomic E-state index is 12.2. The number of aryl methyl sites for hydroxylation is 1. The van der Waals surface area contributed by atoms with Gasteiger partial charge in [-0.2, -0.15) is 0 Å². The molecule has 2 aromatic carbocycles. The smallest absolute Gasteiger partial charge is 0.261 e. The van der Waals surface area contributed by atoms with Crippen molar-refractivity contribution in [1.29, 1.82) is 0 Å². The van der Waals surface area contributed by atoms with Crippen LogP contribution < -0.4 is 10.1 Å². The Kier molecular flexibility index (Phi) is 6.95. The molecule has 0 fully saturated rings. The molecule has 0 aliphatic carbocycles. The minimum Gasteiger partial charge on any atom is -0.481 e. The molecule has 2 aromatic rings. The molecule has 0 radical (unpaired) electrons. The van der Waals surface area contributed by atoms with Gasteiger partial charge in [0, 0.05) is 11.6 Å². The van der Waals surface area contributed by atoms with E-state index in [9.17, 15) is 4.79 Å². The molecule has 0 unspecified atom stereocenters. The van der Waals surface area contributed by atoms with Gasteiger partial charge >= 0.3 is 0 Å². The minimum absolute atomic E-state index is 0.0736. The number of carbonyl (C=O) groups excluding carboxylic acids is 1. The average molecular weight is 332 g/mol. The van der Waals surface area contributed by atoms with E-state index < -0.39 is 6.10 Å². The van der Waals surface area contributed by atoms with E-state index in [2.05, 4.69) is 5.32 Å². The van der Waals surface area contributed by atoms with Crippen LogP contribution in [-0.2, 0) is 11.2 Å². The first-order valence-corrected chi connectivity index (χ1v) is 8.31. The number of amides is 1. The van der Waals surface area contributed by atoms with E-state index in [1.165, 1.54) is 0 Å². The predicted molar refractivity (Wildman–Crippen MR) is 93.9 cm³/mol. The molecule has 0 bridgehead atoms. The average Bonchev–Trinajstić information content (AvgIpc) is 2.58. The summed E-state index contributed by atoms with van der Waals surface area (Å²) < 4.78 is 5.73. The molecule has 4 heteroatoms. The lowest BCUT2D eigenvalue weighted by atomic mass is 10.1. The molecule has 0 saturated heterocycles. The topological polar surface area (TPSA) is 38.3 Å². The number of halogens is 1. The van der Waals surface area contributed by atoms with Crippen LogP contribution >= 0.6 is 11.6 Å². The molecule has 0 aromatic heterocycles. The molecule has 0 spiro atoms. The van der Waals surface area contributed by atoms with Crippen LogP contribution in [0.25, 0.3) is 0 Å². The van der Waals surface area contributed by atoms with Crippen molar-refractivity contribution in [3.63, 3.8) is 0 Å². The number of carbonyl (C=O) groups is 1. The quantitative estimate of drug-likeness (QED) is 0.734. The van der Waals surface area contributed by atoms with Gasteiger partial charge in [0.2, 0.25) is 0 Å². The number of nitrogens with one attached hydrogen (secondary N) is 1. The number of ether oxygens (including phenoxy) is 1. The molecule has 3 nitrogen and oxygen atoms in total. The van der Waals surface area contributed by atoms with E-state index in [1.54, 1.807) is 0 Å². The summed E-state index contributed by atoms with van der Waals surface area (Å²) >= 11 is 6.12. The summed E-state index contributed by atoms with van der Waals surface area (Å²) in [5.74, 6) is 0.640. The number of hydrogen-bond acceptors (Lipinski definition) is 2. The van der Waals surface area contributed by atoms with Crippen molar-refractivity contribution >= 4 is 17.5 Å². The van der Waals surface area contributed by atoms with Crippen LogP contribution in [0.4, 0.5) is 0 Å².